The molecule has 2 heteroatoms. The Hall–Kier alpha value is -2.61. The molecule has 0 saturated heterocycles. The molecule has 0 spiro atoms. The summed E-state index contributed by atoms with van der Waals surface area (Å²) in [5, 5.41) is 12.1. The molecule has 0 amide bonds. The second-order valence-corrected chi connectivity index (χ2v) is 5.26. The maximum absolute atomic E-state index is 12.5. The fourth-order valence-electron chi connectivity index (χ4n) is 2.59. The van der Waals surface area contributed by atoms with E-state index in [2.05, 4.69) is 0 Å². The van der Waals surface area contributed by atoms with Crippen molar-refractivity contribution in [2.45, 2.75) is 13.3 Å². The number of hydrogen-bond donors (Lipinski definition) is 1. The van der Waals surface area contributed by atoms with E-state index in [1.54, 1.807) is 18.2 Å². The highest BCUT2D eigenvalue weighted by Crippen LogP contribution is 2.23. The van der Waals surface area contributed by atoms with Crippen molar-refractivity contribution in [3.05, 3.63) is 77.4 Å². The molecule has 0 aliphatic carbocycles. The predicted octanol–water partition coefficient (Wildman–Crippen LogP) is 4.28. The predicted molar refractivity (Wildman–Crippen MR) is 84.8 cm³/mol. The smallest absolute Gasteiger partial charge is 0.170 e. The van der Waals surface area contributed by atoms with Crippen LogP contribution >= 0.6 is 0 Å². The molecule has 104 valence electrons. The van der Waals surface area contributed by atoms with E-state index in [-0.39, 0.29) is 11.5 Å². The van der Waals surface area contributed by atoms with Crippen LogP contribution in [-0.4, -0.2) is 10.9 Å². The van der Waals surface area contributed by atoms with Crippen LogP contribution in [0.2, 0.25) is 0 Å². The summed E-state index contributed by atoms with van der Waals surface area (Å²) in [5.41, 5.74) is 2.34. The van der Waals surface area contributed by atoms with E-state index in [0.29, 0.717) is 12.0 Å². The molecule has 3 aromatic carbocycles. The van der Waals surface area contributed by atoms with Gasteiger partial charge in [-0.2, -0.15) is 0 Å². The van der Waals surface area contributed by atoms with Gasteiger partial charge in [0.1, 0.15) is 5.75 Å². The Labute approximate surface area is 123 Å². The summed E-state index contributed by atoms with van der Waals surface area (Å²) in [7, 11) is 0. The van der Waals surface area contributed by atoms with E-state index in [0.717, 1.165) is 21.9 Å². The second kappa shape index (κ2) is 5.41. The van der Waals surface area contributed by atoms with E-state index >= 15 is 0 Å². The van der Waals surface area contributed by atoms with Gasteiger partial charge in [-0.05, 0) is 35.4 Å². The first-order valence-corrected chi connectivity index (χ1v) is 6.94. The highest BCUT2D eigenvalue weighted by molar-refractivity contribution is 6.02. The highest BCUT2D eigenvalue weighted by Gasteiger charge is 2.13. The summed E-state index contributed by atoms with van der Waals surface area (Å²) in [5.74, 6) is -0.0154. The Morgan fingerprint density at radius 1 is 1.00 bits per heavy atom. The van der Waals surface area contributed by atoms with Crippen LogP contribution in [0.25, 0.3) is 10.8 Å². The van der Waals surface area contributed by atoms with Gasteiger partial charge >= 0.3 is 0 Å². The number of aryl methyl sites for hydroxylation is 1. The number of phenolic OH excluding ortho intramolecular Hbond substituents is 1. The molecule has 0 fully saturated rings. The zero-order chi connectivity index (χ0) is 14.8. The lowest BCUT2D eigenvalue weighted by Crippen LogP contribution is -2.04. The molecular weight excluding hydrogens is 260 g/mol. The summed E-state index contributed by atoms with van der Waals surface area (Å²) in [4.78, 5) is 12.5. The first-order valence-electron chi connectivity index (χ1n) is 6.94. The fourth-order valence-corrected chi connectivity index (χ4v) is 2.59. The molecule has 0 aliphatic rings. The quantitative estimate of drug-likeness (QED) is 0.725. The van der Waals surface area contributed by atoms with Gasteiger partial charge in [-0.25, -0.2) is 0 Å². The zero-order valence-corrected chi connectivity index (χ0v) is 11.8. The Kier molecular flexibility index (Phi) is 3.44. The molecular formula is C19H16O2. The summed E-state index contributed by atoms with van der Waals surface area (Å²) < 4.78 is 0. The number of Topliss-reactive ketones (excluding diaryl/α,β-unsaturated/α-hetero) is 1. The van der Waals surface area contributed by atoms with Crippen LogP contribution in [0.1, 0.15) is 21.5 Å². The molecule has 3 rings (SSSR count). The van der Waals surface area contributed by atoms with Gasteiger partial charge < -0.3 is 5.11 Å². The Bertz CT molecular complexity index is 813. The van der Waals surface area contributed by atoms with Crippen molar-refractivity contribution in [2.24, 2.45) is 0 Å². The third kappa shape index (κ3) is 2.65. The summed E-state index contributed by atoms with van der Waals surface area (Å²) in [6.45, 7) is 1.91. The maximum Gasteiger partial charge on any atom is 0.170 e. The number of ketones is 1. The van der Waals surface area contributed by atoms with E-state index in [1.165, 1.54) is 0 Å². The van der Waals surface area contributed by atoms with Crippen LogP contribution in [0, 0.1) is 6.92 Å². The Morgan fingerprint density at radius 3 is 2.62 bits per heavy atom. The molecule has 0 atom stereocenters. The average molecular weight is 276 g/mol. The van der Waals surface area contributed by atoms with Crippen LogP contribution in [-0.2, 0) is 6.42 Å². The average Bonchev–Trinajstić information content (AvgIpc) is 2.50. The topological polar surface area (TPSA) is 37.3 Å². The molecule has 0 aromatic heterocycles. The normalized spacial score (nSPS) is 10.7. The van der Waals surface area contributed by atoms with Gasteiger partial charge in [-0.1, -0.05) is 54.1 Å². The minimum Gasteiger partial charge on any atom is -0.507 e. The molecule has 0 aliphatic heterocycles. The number of benzene rings is 3. The van der Waals surface area contributed by atoms with E-state index in [4.69, 9.17) is 0 Å². The minimum absolute atomic E-state index is 0.0471. The van der Waals surface area contributed by atoms with Gasteiger partial charge in [-0.15, -0.1) is 0 Å². The largest absolute Gasteiger partial charge is 0.507 e. The van der Waals surface area contributed by atoms with Gasteiger partial charge in [0.25, 0.3) is 0 Å². The highest BCUT2D eigenvalue weighted by atomic mass is 16.3. The van der Waals surface area contributed by atoms with Gasteiger partial charge in [0, 0.05) is 6.42 Å². The monoisotopic (exact) mass is 276 g/mol. The van der Waals surface area contributed by atoms with E-state index in [9.17, 15) is 9.90 Å². The molecule has 0 bridgehead atoms. The SMILES string of the molecule is Cc1ccc(O)c(C(=O)Cc2cccc3ccccc23)c1. The number of aromatic hydroxyl groups is 1. The van der Waals surface area contributed by atoms with Crippen LogP contribution in [0.5, 0.6) is 5.75 Å². The van der Waals surface area contributed by atoms with Gasteiger partial charge in [0.05, 0.1) is 5.56 Å². The number of hydrogen-bond acceptors (Lipinski definition) is 2. The lowest BCUT2D eigenvalue weighted by atomic mass is 9.96. The maximum atomic E-state index is 12.5. The van der Waals surface area contributed by atoms with Crippen molar-refractivity contribution in [1.82, 2.24) is 0 Å². The molecule has 1 N–H and O–H groups in total. The van der Waals surface area contributed by atoms with Crippen LogP contribution in [0.15, 0.2) is 60.7 Å². The van der Waals surface area contributed by atoms with Crippen molar-refractivity contribution in [1.29, 1.82) is 0 Å². The van der Waals surface area contributed by atoms with Crippen molar-refractivity contribution < 1.29 is 9.90 Å². The van der Waals surface area contributed by atoms with Crippen molar-refractivity contribution in [3.63, 3.8) is 0 Å². The third-order valence-electron chi connectivity index (χ3n) is 3.68. The van der Waals surface area contributed by atoms with Gasteiger partial charge in [-0.3, -0.25) is 4.79 Å². The molecule has 0 radical (unpaired) electrons. The standard InChI is InChI=1S/C19H16O2/c1-13-9-10-18(20)17(11-13)19(21)12-15-7-4-6-14-5-2-3-8-16(14)15/h2-11,20H,12H2,1H3. The lowest BCUT2D eigenvalue weighted by molar-refractivity contribution is 0.0990. The number of carbonyl (C=O) groups is 1. The molecule has 0 heterocycles. The summed E-state index contributed by atoms with van der Waals surface area (Å²) in [6, 6.07) is 19.1. The fraction of sp³-hybridized carbons (Fsp3) is 0.105. The van der Waals surface area contributed by atoms with Crippen LogP contribution < -0.4 is 0 Å². The van der Waals surface area contributed by atoms with Crippen molar-refractivity contribution in [2.75, 3.05) is 0 Å². The summed E-state index contributed by atoms with van der Waals surface area (Å²) >= 11 is 0. The summed E-state index contributed by atoms with van der Waals surface area (Å²) in [6.07, 6.45) is 0.290. The molecule has 21 heavy (non-hydrogen) atoms. The number of carbonyl (C=O) groups excluding carboxylic acids is 1. The number of phenols is 1. The zero-order valence-electron chi connectivity index (χ0n) is 11.8. The molecule has 3 aromatic rings. The lowest BCUT2D eigenvalue weighted by Gasteiger charge is -2.08. The van der Waals surface area contributed by atoms with Gasteiger partial charge in [0.2, 0.25) is 0 Å². The molecule has 2 nitrogen and oxygen atoms in total. The Morgan fingerprint density at radius 2 is 1.76 bits per heavy atom. The van der Waals surface area contributed by atoms with Gasteiger partial charge in [0.15, 0.2) is 5.78 Å². The first kappa shape index (κ1) is 13.4. The number of rotatable bonds is 3. The first-order chi connectivity index (χ1) is 10.1. The van der Waals surface area contributed by atoms with E-state index in [1.807, 2.05) is 49.4 Å². The third-order valence-corrected chi connectivity index (χ3v) is 3.68. The van der Waals surface area contributed by atoms with Crippen molar-refractivity contribution >= 4 is 16.6 Å². The van der Waals surface area contributed by atoms with Crippen LogP contribution in [0.4, 0.5) is 0 Å². The molecule has 0 saturated carbocycles. The number of fused-ring (bicyclic) bond motifs is 1. The van der Waals surface area contributed by atoms with E-state index < -0.39 is 0 Å². The van der Waals surface area contributed by atoms with Crippen molar-refractivity contribution in [3.8, 4) is 5.75 Å². The minimum atomic E-state index is -0.0625. The molecule has 0 unspecified atom stereocenters. The second-order valence-electron chi connectivity index (χ2n) is 5.26. The van der Waals surface area contributed by atoms with Crippen LogP contribution in [0.3, 0.4) is 0 Å². The Balaban J connectivity index is 1.99.